The summed E-state index contributed by atoms with van der Waals surface area (Å²) in [7, 11) is 3.18. The predicted molar refractivity (Wildman–Crippen MR) is 67.4 cm³/mol. The first-order valence-corrected chi connectivity index (χ1v) is 6.22. The van der Waals surface area contributed by atoms with Crippen LogP contribution in [-0.2, 0) is 7.05 Å². The number of rotatable bonds is 5. The highest BCUT2D eigenvalue weighted by Crippen LogP contribution is 2.15. The molecule has 0 radical (unpaired) electrons. The Balaban J connectivity index is 2.10. The lowest BCUT2D eigenvalue weighted by molar-refractivity contribution is 0.0891. The van der Waals surface area contributed by atoms with Gasteiger partial charge in [-0.2, -0.15) is 16.4 Å². The molecule has 94 valence electrons. The Morgan fingerprint density at radius 1 is 1.44 bits per heavy atom. The van der Waals surface area contributed by atoms with Crippen LogP contribution < -0.4 is 4.74 Å². The molecule has 5 nitrogen and oxygen atoms in total. The SMILES string of the molecule is COc1cc(C(=O)CC(=O)c2ccsc2)nn1C. The zero-order valence-electron chi connectivity index (χ0n) is 10.0. The fourth-order valence-corrected chi connectivity index (χ4v) is 2.20. The minimum atomic E-state index is -0.301. The van der Waals surface area contributed by atoms with E-state index in [0.717, 1.165) is 0 Å². The molecule has 0 unspecified atom stereocenters. The molecular weight excluding hydrogens is 252 g/mol. The minimum absolute atomic E-state index is 0.170. The van der Waals surface area contributed by atoms with Crippen molar-refractivity contribution in [2.45, 2.75) is 6.42 Å². The van der Waals surface area contributed by atoms with Gasteiger partial charge in [0.1, 0.15) is 5.69 Å². The first-order valence-electron chi connectivity index (χ1n) is 5.28. The van der Waals surface area contributed by atoms with E-state index in [0.29, 0.717) is 11.4 Å². The van der Waals surface area contributed by atoms with Gasteiger partial charge in [0, 0.05) is 24.1 Å². The van der Waals surface area contributed by atoms with Crippen LogP contribution >= 0.6 is 11.3 Å². The van der Waals surface area contributed by atoms with Gasteiger partial charge in [0.15, 0.2) is 11.6 Å². The third-order valence-corrected chi connectivity index (χ3v) is 3.18. The first kappa shape index (κ1) is 12.5. The van der Waals surface area contributed by atoms with Gasteiger partial charge in [-0.1, -0.05) is 0 Å². The number of aryl methyl sites for hydroxylation is 1. The number of thiophene rings is 1. The van der Waals surface area contributed by atoms with E-state index in [1.807, 2.05) is 5.38 Å². The molecule has 0 N–H and O–H groups in total. The molecule has 2 rings (SSSR count). The Morgan fingerprint density at radius 3 is 2.78 bits per heavy atom. The van der Waals surface area contributed by atoms with Crippen LogP contribution in [0.1, 0.15) is 27.3 Å². The van der Waals surface area contributed by atoms with Crippen LogP contribution in [0.25, 0.3) is 0 Å². The normalized spacial score (nSPS) is 10.3. The Bertz CT molecular complexity index is 572. The number of aromatic nitrogens is 2. The number of hydrogen-bond donors (Lipinski definition) is 0. The summed E-state index contributed by atoms with van der Waals surface area (Å²) in [5.41, 5.74) is 0.814. The molecule has 0 saturated carbocycles. The number of nitrogens with zero attached hydrogens (tertiary/aromatic N) is 2. The highest BCUT2D eigenvalue weighted by atomic mass is 32.1. The third kappa shape index (κ3) is 2.48. The quantitative estimate of drug-likeness (QED) is 0.611. The van der Waals surface area contributed by atoms with Crippen LogP contribution in [-0.4, -0.2) is 28.5 Å². The number of Topliss-reactive ketones (excluding diaryl/α,β-unsaturated/α-hetero) is 2. The molecule has 0 spiro atoms. The Kier molecular flexibility index (Phi) is 3.57. The highest BCUT2D eigenvalue weighted by Gasteiger charge is 2.17. The standard InChI is InChI=1S/C12H12N2O3S/c1-14-12(17-2)5-9(13-14)11(16)6-10(15)8-3-4-18-7-8/h3-5,7H,6H2,1-2H3. The van der Waals surface area contributed by atoms with E-state index in [1.54, 1.807) is 18.5 Å². The predicted octanol–water partition coefficient (Wildman–Crippen LogP) is 1.95. The average molecular weight is 264 g/mol. The maximum Gasteiger partial charge on any atom is 0.211 e. The van der Waals surface area contributed by atoms with E-state index in [-0.39, 0.29) is 23.7 Å². The van der Waals surface area contributed by atoms with Gasteiger partial charge >= 0.3 is 0 Å². The van der Waals surface area contributed by atoms with Crippen molar-refractivity contribution >= 4 is 22.9 Å². The summed E-state index contributed by atoms with van der Waals surface area (Å²) in [6.45, 7) is 0. The van der Waals surface area contributed by atoms with Crippen LogP contribution in [0, 0.1) is 0 Å². The molecule has 2 aromatic rings. The summed E-state index contributed by atoms with van der Waals surface area (Å²) in [4.78, 5) is 23.7. The Morgan fingerprint density at radius 2 is 2.22 bits per heavy atom. The Hall–Kier alpha value is -1.95. The molecule has 0 saturated heterocycles. The molecule has 6 heteroatoms. The monoisotopic (exact) mass is 264 g/mol. The third-order valence-electron chi connectivity index (χ3n) is 2.50. The fourth-order valence-electron chi connectivity index (χ4n) is 1.54. The smallest absolute Gasteiger partial charge is 0.211 e. The zero-order valence-corrected chi connectivity index (χ0v) is 10.9. The molecule has 0 fully saturated rings. The molecule has 2 heterocycles. The number of carbonyl (C=O) groups is 2. The molecule has 0 atom stereocenters. The second-order valence-electron chi connectivity index (χ2n) is 3.73. The van der Waals surface area contributed by atoms with Gasteiger partial charge in [-0.3, -0.25) is 9.59 Å². The maximum atomic E-state index is 11.9. The molecule has 0 aromatic carbocycles. The summed E-state index contributed by atoms with van der Waals surface area (Å²) in [5.74, 6) is -0.00250. The Labute approximate surface area is 108 Å². The summed E-state index contributed by atoms with van der Waals surface area (Å²) in [6, 6.07) is 3.24. The van der Waals surface area contributed by atoms with Crippen molar-refractivity contribution in [3.05, 3.63) is 34.2 Å². The second-order valence-corrected chi connectivity index (χ2v) is 4.51. The zero-order chi connectivity index (χ0) is 13.1. The van der Waals surface area contributed by atoms with Gasteiger partial charge < -0.3 is 4.74 Å². The van der Waals surface area contributed by atoms with Crippen LogP contribution in [0.15, 0.2) is 22.9 Å². The lowest BCUT2D eigenvalue weighted by atomic mass is 10.1. The van der Waals surface area contributed by atoms with Crippen LogP contribution in [0.2, 0.25) is 0 Å². The van der Waals surface area contributed by atoms with Crippen molar-refractivity contribution < 1.29 is 14.3 Å². The summed E-state index contributed by atoms with van der Waals surface area (Å²) >= 11 is 1.43. The van der Waals surface area contributed by atoms with Crippen molar-refractivity contribution in [2.24, 2.45) is 7.05 Å². The molecule has 2 aromatic heterocycles. The van der Waals surface area contributed by atoms with Crippen LogP contribution in [0.3, 0.4) is 0 Å². The van der Waals surface area contributed by atoms with Crippen molar-refractivity contribution in [1.29, 1.82) is 0 Å². The number of methoxy groups -OCH3 is 1. The van der Waals surface area contributed by atoms with E-state index in [9.17, 15) is 9.59 Å². The maximum absolute atomic E-state index is 11.9. The number of ketones is 2. The van der Waals surface area contributed by atoms with Crippen LogP contribution in [0.4, 0.5) is 0 Å². The van der Waals surface area contributed by atoms with E-state index >= 15 is 0 Å². The van der Waals surface area contributed by atoms with Gasteiger partial charge in [-0.25, -0.2) is 4.68 Å². The molecule has 0 aliphatic rings. The molecule has 18 heavy (non-hydrogen) atoms. The van der Waals surface area contributed by atoms with E-state index < -0.39 is 0 Å². The van der Waals surface area contributed by atoms with Gasteiger partial charge in [0.25, 0.3) is 0 Å². The molecule has 0 aliphatic carbocycles. The van der Waals surface area contributed by atoms with Crippen molar-refractivity contribution in [3.63, 3.8) is 0 Å². The number of hydrogen-bond acceptors (Lipinski definition) is 5. The molecule has 0 amide bonds. The molecule has 0 aliphatic heterocycles. The van der Waals surface area contributed by atoms with Crippen molar-refractivity contribution in [2.75, 3.05) is 7.11 Å². The summed E-state index contributed by atoms with van der Waals surface area (Å²) in [5, 5.41) is 7.55. The number of carbonyl (C=O) groups excluding carboxylic acids is 2. The second kappa shape index (κ2) is 5.14. The van der Waals surface area contributed by atoms with Gasteiger partial charge in [0.05, 0.1) is 13.5 Å². The molecular formula is C12H12N2O3S. The van der Waals surface area contributed by atoms with Gasteiger partial charge in [-0.15, -0.1) is 0 Å². The largest absolute Gasteiger partial charge is 0.481 e. The van der Waals surface area contributed by atoms with Crippen molar-refractivity contribution in [3.8, 4) is 5.88 Å². The molecule has 0 bridgehead atoms. The fraction of sp³-hybridized carbons (Fsp3) is 0.250. The first-order chi connectivity index (χ1) is 8.61. The van der Waals surface area contributed by atoms with Crippen LogP contribution in [0.5, 0.6) is 5.88 Å². The van der Waals surface area contributed by atoms with Gasteiger partial charge in [-0.05, 0) is 11.4 Å². The van der Waals surface area contributed by atoms with Crippen molar-refractivity contribution in [1.82, 2.24) is 9.78 Å². The summed E-state index contributed by atoms with van der Waals surface area (Å²) in [6.07, 6.45) is -0.170. The lowest BCUT2D eigenvalue weighted by Gasteiger charge is -1.95. The lowest BCUT2D eigenvalue weighted by Crippen LogP contribution is -2.09. The topological polar surface area (TPSA) is 61.2 Å². The average Bonchev–Trinajstić information content (AvgIpc) is 2.97. The van der Waals surface area contributed by atoms with E-state index in [4.69, 9.17) is 4.74 Å². The highest BCUT2D eigenvalue weighted by molar-refractivity contribution is 7.08. The van der Waals surface area contributed by atoms with Gasteiger partial charge in [0.2, 0.25) is 5.88 Å². The van der Waals surface area contributed by atoms with E-state index in [1.165, 1.54) is 29.2 Å². The number of ether oxygens (including phenoxy) is 1. The van der Waals surface area contributed by atoms with E-state index in [2.05, 4.69) is 5.10 Å². The minimum Gasteiger partial charge on any atom is -0.481 e. The summed E-state index contributed by atoms with van der Waals surface area (Å²) < 4.78 is 6.48.